The molecule has 178 valence electrons. The van der Waals surface area contributed by atoms with E-state index < -0.39 is 17.4 Å². The smallest absolute Gasteiger partial charge is 0.308 e. The van der Waals surface area contributed by atoms with E-state index in [4.69, 9.17) is 4.74 Å². The van der Waals surface area contributed by atoms with E-state index >= 15 is 0 Å². The summed E-state index contributed by atoms with van der Waals surface area (Å²) in [5, 5.41) is 0. The Labute approximate surface area is 202 Å². The van der Waals surface area contributed by atoms with Gasteiger partial charge in [0.1, 0.15) is 11.9 Å². The zero-order valence-corrected chi connectivity index (χ0v) is 19.7. The number of imidazole rings is 1. The molecule has 2 heterocycles. The fraction of sp³-hybridized carbons (Fsp3) is 0.231. The quantitative estimate of drug-likeness (QED) is 0.308. The van der Waals surface area contributed by atoms with Gasteiger partial charge in [0.15, 0.2) is 17.0 Å². The molecule has 35 heavy (non-hydrogen) atoms. The molecule has 0 unspecified atom stereocenters. The summed E-state index contributed by atoms with van der Waals surface area (Å²) in [7, 11) is 0. The largest absolute Gasteiger partial charge is 0.460 e. The SMILES string of the molecule is CC(C)(C)OC(=O)CCn1cnc2c(N(C(=O)c3ccccc3)C(=O)c3ccccc3)ncnc21. The van der Waals surface area contributed by atoms with Gasteiger partial charge in [-0.05, 0) is 45.0 Å². The van der Waals surface area contributed by atoms with Crippen LogP contribution in [0, 0.1) is 0 Å². The second-order valence-electron chi connectivity index (χ2n) is 8.82. The van der Waals surface area contributed by atoms with E-state index in [1.807, 2.05) is 0 Å². The van der Waals surface area contributed by atoms with Crippen molar-refractivity contribution in [3.63, 3.8) is 0 Å². The van der Waals surface area contributed by atoms with Crippen LogP contribution in [0.25, 0.3) is 11.2 Å². The van der Waals surface area contributed by atoms with Crippen LogP contribution in [0.3, 0.4) is 0 Å². The van der Waals surface area contributed by atoms with Gasteiger partial charge in [0.2, 0.25) is 0 Å². The third-order valence-corrected chi connectivity index (χ3v) is 5.02. The standard InChI is InChI=1S/C26H25N5O4/c1-26(2,3)35-20(32)14-15-30-17-29-21-22(30)27-16-28-23(21)31(24(33)18-10-6-4-7-11-18)25(34)19-12-8-5-9-13-19/h4-13,16-17H,14-15H2,1-3H3. The first-order valence-electron chi connectivity index (χ1n) is 11.1. The van der Waals surface area contributed by atoms with Crippen molar-refractivity contribution in [2.45, 2.75) is 39.3 Å². The second-order valence-corrected chi connectivity index (χ2v) is 8.82. The number of fused-ring (bicyclic) bond motifs is 1. The van der Waals surface area contributed by atoms with Crippen LogP contribution in [-0.2, 0) is 16.1 Å². The lowest BCUT2D eigenvalue weighted by atomic mass is 10.1. The van der Waals surface area contributed by atoms with Gasteiger partial charge >= 0.3 is 5.97 Å². The molecule has 0 aliphatic heterocycles. The molecular weight excluding hydrogens is 446 g/mol. The molecular formula is C26H25N5O4. The van der Waals surface area contributed by atoms with Gasteiger partial charge < -0.3 is 9.30 Å². The summed E-state index contributed by atoms with van der Waals surface area (Å²) in [5.74, 6) is -1.37. The average molecular weight is 472 g/mol. The van der Waals surface area contributed by atoms with Crippen LogP contribution in [0.1, 0.15) is 47.9 Å². The fourth-order valence-corrected chi connectivity index (χ4v) is 3.50. The number of aromatic nitrogens is 4. The number of carbonyl (C=O) groups excluding carboxylic acids is 3. The number of carbonyl (C=O) groups is 3. The minimum absolute atomic E-state index is 0.0636. The first-order valence-corrected chi connectivity index (χ1v) is 11.1. The number of imide groups is 1. The molecule has 2 aromatic carbocycles. The minimum atomic E-state index is -0.584. The third kappa shape index (κ3) is 5.40. The first kappa shape index (κ1) is 23.7. The highest BCUT2D eigenvalue weighted by Crippen LogP contribution is 2.25. The van der Waals surface area contributed by atoms with Crippen molar-refractivity contribution in [3.8, 4) is 0 Å². The monoisotopic (exact) mass is 471 g/mol. The van der Waals surface area contributed by atoms with E-state index in [2.05, 4.69) is 15.0 Å². The molecule has 0 atom stereocenters. The molecule has 0 aliphatic rings. The van der Waals surface area contributed by atoms with E-state index in [9.17, 15) is 14.4 Å². The summed E-state index contributed by atoms with van der Waals surface area (Å²) in [5.41, 5.74) is 0.732. The Morgan fingerprint density at radius 2 is 1.43 bits per heavy atom. The number of anilines is 1. The topological polar surface area (TPSA) is 107 Å². The maximum absolute atomic E-state index is 13.5. The van der Waals surface area contributed by atoms with Crippen LogP contribution in [0.5, 0.6) is 0 Å². The number of hydrogen-bond acceptors (Lipinski definition) is 7. The van der Waals surface area contributed by atoms with Crippen LogP contribution < -0.4 is 4.90 Å². The lowest BCUT2D eigenvalue weighted by molar-refractivity contribution is -0.155. The molecule has 0 radical (unpaired) electrons. The zero-order valence-electron chi connectivity index (χ0n) is 19.7. The lowest BCUT2D eigenvalue weighted by Gasteiger charge is -2.20. The first-order chi connectivity index (χ1) is 16.7. The summed E-state index contributed by atoms with van der Waals surface area (Å²) >= 11 is 0. The van der Waals surface area contributed by atoms with Crippen LogP contribution >= 0.6 is 0 Å². The molecule has 4 aromatic rings. The summed E-state index contributed by atoms with van der Waals surface area (Å²) in [6, 6.07) is 17.0. The molecule has 0 fully saturated rings. The van der Waals surface area contributed by atoms with Gasteiger partial charge in [-0.15, -0.1) is 0 Å². The molecule has 0 N–H and O–H groups in total. The van der Waals surface area contributed by atoms with Gasteiger partial charge in [0, 0.05) is 17.7 Å². The maximum atomic E-state index is 13.5. The average Bonchev–Trinajstić information content (AvgIpc) is 3.26. The molecule has 4 rings (SSSR count). The lowest BCUT2D eigenvalue weighted by Crippen LogP contribution is -2.38. The highest BCUT2D eigenvalue weighted by atomic mass is 16.6. The van der Waals surface area contributed by atoms with Crippen LogP contribution in [0.15, 0.2) is 73.3 Å². The maximum Gasteiger partial charge on any atom is 0.308 e. The number of nitrogens with zero attached hydrogens (tertiary/aromatic N) is 5. The van der Waals surface area contributed by atoms with Gasteiger partial charge in [0.05, 0.1) is 12.7 Å². The normalized spacial score (nSPS) is 11.3. The minimum Gasteiger partial charge on any atom is -0.460 e. The van der Waals surface area contributed by atoms with E-state index in [0.29, 0.717) is 16.8 Å². The summed E-state index contributed by atoms with van der Waals surface area (Å²) in [4.78, 5) is 53.1. The van der Waals surface area contributed by atoms with Gasteiger partial charge in [-0.25, -0.2) is 19.9 Å². The summed E-state index contributed by atoms with van der Waals surface area (Å²) in [6.07, 6.45) is 2.88. The van der Waals surface area contributed by atoms with Crippen LogP contribution in [0.4, 0.5) is 5.82 Å². The Morgan fingerprint density at radius 1 is 0.857 bits per heavy atom. The number of amides is 2. The van der Waals surface area contributed by atoms with Gasteiger partial charge in [-0.3, -0.25) is 14.4 Å². The number of hydrogen-bond donors (Lipinski definition) is 0. The van der Waals surface area contributed by atoms with Gasteiger partial charge in [-0.2, -0.15) is 0 Å². The van der Waals surface area contributed by atoms with E-state index in [1.54, 1.807) is 86.0 Å². The van der Waals surface area contributed by atoms with Gasteiger partial charge in [0.25, 0.3) is 11.8 Å². The Bertz CT molecular complexity index is 1310. The third-order valence-electron chi connectivity index (χ3n) is 5.02. The molecule has 0 spiro atoms. The van der Waals surface area contributed by atoms with Crippen molar-refractivity contribution in [1.29, 1.82) is 0 Å². The van der Waals surface area contributed by atoms with E-state index in [0.717, 1.165) is 4.90 Å². The molecule has 2 aromatic heterocycles. The predicted molar refractivity (Wildman–Crippen MR) is 130 cm³/mol. The fourth-order valence-electron chi connectivity index (χ4n) is 3.50. The second kappa shape index (κ2) is 9.84. The Hall–Kier alpha value is -4.40. The molecule has 0 saturated heterocycles. The molecule has 2 amide bonds. The molecule has 0 saturated carbocycles. The number of esters is 1. The molecule has 9 nitrogen and oxygen atoms in total. The Kier molecular flexibility index (Phi) is 6.68. The number of ether oxygens (including phenoxy) is 1. The van der Waals surface area contributed by atoms with Crippen molar-refractivity contribution in [1.82, 2.24) is 19.5 Å². The number of aryl methyl sites for hydroxylation is 1. The molecule has 0 aliphatic carbocycles. The van der Waals surface area contributed by atoms with Gasteiger partial charge in [-0.1, -0.05) is 36.4 Å². The summed E-state index contributed by atoms with van der Waals surface area (Å²) in [6.45, 7) is 5.68. The number of benzene rings is 2. The highest BCUT2D eigenvalue weighted by Gasteiger charge is 2.30. The zero-order chi connectivity index (χ0) is 25.0. The van der Waals surface area contributed by atoms with Crippen molar-refractivity contribution >= 4 is 34.8 Å². The van der Waals surface area contributed by atoms with Crippen molar-refractivity contribution in [2.75, 3.05) is 4.90 Å². The molecule has 9 heteroatoms. The number of rotatable bonds is 6. The highest BCUT2D eigenvalue weighted by molar-refractivity contribution is 6.27. The predicted octanol–water partition coefficient (Wildman–Crippen LogP) is 4.05. The van der Waals surface area contributed by atoms with Crippen LogP contribution in [-0.4, -0.2) is 42.9 Å². The van der Waals surface area contributed by atoms with E-state index in [1.165, 1.54) is 12.7 Å². The van der Waals surface area contributed by atoms with Crippen molar-refractivity contribution in [2.24, 2.45) is 0 Å². The molecule has 0 bridgehead atoms. The Balaban J connectivity index is 1.72. The van der Waals surface area contributed by atoms with Crippen LogP contribution in [0.2, 0.25) is 0 Å². The Morgan fingerprint density at radius 3 is 1.97 bits per heavy atom. The van der Waals surface area contributed by atoms with E-state index in [-0.39, 0.29) is 30.3 Å². The van der Waals surface area contributed by atoms with Crippen molar-refractivity contribution < 1.29 is 19.1 Å². The van der Waals surface area contributed by atoms with Crippen molar-refractivity contribution in [3.05, 3.63) is 84.4 Å². The summed E-state index contributed by atoms with van der Waals surface area (Å²) < 4.78 is 7.04.